The van der Waals surface area contributed by atoms with Crippen molar-refractivity contribution in [1.29, 1.82) is 0 Å². The van der Waals surface area contributed by atoms with E-state index in [-0.39, 0.29) is 11.8 Å². The molecule has 0 aromatic heterocycles. The molecule has 1 amide bonds. The SMILES string of the molecule is Cc1ccc(CNC(=O)[C@@H](N)C(C)C)c(OCC2CC2)c1. The van der Waals surface area contributed by atoms with Crippen LogP contribution in [-0.2, 0) is 11.3 Å². The summed E-state index contributed by atoms with van der Waals surface area (Å²) in [6, 6.07) is 5.62. The van der Waals surface area contributed by atoms with Crippen molar-refractivity contribution >= 4 is 5.91 Å². The highest BCUT2D eigenvalue weighted by atomic mass is 16.5. The summed E-state index contributed by atoms with van der Waals surface area (Å²) in [5.41, 5.74) is 8.02. The molecule has 1 aliphatic rings. The average Bonchev–Trinajstić information content (AvgIpc) is 3.26. The smallest absolute Gasteiger partial charge is 0.237 e. The molecule has 116 valence electrons. The number of nitrogens with one attached hydrogen (secondary N) is 1. The average molecular weight is 290 g/mol. The number of hydrogen-bond donors (Lipinski definition) is 2. The predicted octanol–water partition coefficient (Wildman–Crippen LogP) is 2.38. The van der Waals surface area contributed by atoms with Crippen molar-refractivity contribution in [1.82, 2.24) is 5.32 Å². The number of rotatable bonds is 7. The Kier molecular flexibility index (Phi) is 5.23. The highest BCUT2D eigenvalue weighted by Crippen LogP contribution is 2.30. The van der Waals surface area contributed by atoms with Gasteiger partial charge >= 0.3 is 0 Å². The lowest BCUT2D eigenvalue weighted by atomic mass is 10.0. The van der Waals surface area contributed by atoms with Gasteiger partial charge in [-0.3, -0.25) is 4.79 Å². The molecule has 0 unspecified atom stereocenters. The van der Waals surface area contributed by atoms with E-state index in [9.17, 15) is 4.79 Å². The molecule has 0 saturated heterocycles. The minimum atomic E-state index is -0.466. The number of aryl methyl sites for hydroxylation is 1. The summed E-state index contributed by atoms with van der Waals surface area (Å²) < 4.78 is 5.90. The van der Waals surface area contributed by atoms with Crippen LogP contribution in [0.25, 0.3) is 0 Å². The molecular weight excluding hydrogens is 264 g/mol. The fourth-order valence-corrected chi connectivity index (χ4v) is 2.04. The minimum absolute atomic E-state index is 0.112. The third kappa shape index (κ3) is 4.74. The molecule has 4 heteroatoms. The summed E-state index contributed by atoms with van der Waals surface area (Å²) in [6.45, 7) is 7.16. The molecule has 0 bridgehead atoms. The Morgan fingerprint density at radius 3 is 2.76 bits per heavy atom. The van der Waals surface area contributed by atoms with Crippen molar-refractivity contribution in [2.45, 2.75) is 46.2 Å². The summed E-state index contributed by atoms with van der Waals surface area (Å²) >= 11 is 0. The van der Waals surface area contributed by atoms with Gasteiger partial charge in [-0.1, -0.05) is 26.0 Å². The Morgan fingerprint density at radius 2 is 2.14 bits per heavy atom. The first-order chi connectivity index (χ1) is 9.97. The van der Waals surface area contributed by atoms with Crippen LogP contribution in [0.3, 0.4) is 0 Å². The molecule has 1 saturated carbocycles. The third-order valence-corrected chi connectivity index (χ3v) is 3.87. The number of carbonyl (C=O) groups is 1. The lowest BCUT2D eigenvalue weighted by molar-refractivity contribution is -0.123. The van der Waals surface area contributed by atoms with Gasteiger partial charge in [0.25, 0.3) is 0 Å². The van der Waals surface area contributed by atoms with Gasteiger partial charge in [0.2, 0.25) is 5.91 Å². The molecule has 4 nitrogen and oxygen atoms in total. The van der Waals surface area contributed by atoms with Crippen LogP contribution in [0, 0.1) is 18.8 Å². The Balaban J connectivity index is 1.96. The first-order valence-corrected chi connectivity index (χ1v) is 7.73. The highest BCUT2D eigenvalue weighted by Gasteiger charge is 2.22. The summed E-state index contributed by atoms with van der Waals surface area (Å²) in [7, 11) is 0. The van der Waals surface area contributed by atoms with Gasteiger partial charge in [0.05, 0.1) is 12.6 Å². The third-order valence-electron chi connectivity index (χ3n) is 3.87. The van der Waals surface area contributed by atoms with Crippen molar-refractivity contribution in [3.63, 3.8) is 0 Å². The summed E-state index contributed by atoms with van der Waals surface area (Å²) in [4.78, 5) is 11.9. The first kappa shape index (κ1) is 15.8. The van der Waals surface area contributed by atoms with Gasteiger partial charge < -0.3 is 15.8 Å². The Hall–Kier alpha value is -1.55. The molecule has 0 spiro atoms. The van der Waals surface area contributed by atoms with Crippen LogP contribution in [-0.4, -0.2) is 18.6 Å². The molecule has 0 radical (unpaired) electrons. The molecule has 0 aliphatic heterocycles. The van der Waals surface area contributed by atoms with Gasteiger partial charge in [-0.2, -0.15) is 0 Å². The molecular formula is C17H26N2O2. The Bertz CT molecular complexity index is 496. The summed E-state index contributed by atoms with van der Waals surface area (Å²) in [5.74, 6) is 1.61. The van der Waals surface area contributed by atoms with Crippen LogP contribution < -0.4 is 15.8 Å². The van der Waals surface area contributed by atoms with Crippen molar-refractivity contribution < 1.29 is 9.53 Å². The lowest BCUT2D eigenvalue weighted by Gasteiger charge is -2.17. The molecule has 3 N–H and O–H groups in total. The second-order valence-electron chi connectivity index (χ2n) is 6.35. The molecule has 1 atom stereocenters. The van der Waals surface area contributed by atoms with Gasteiger partial charge in [-0.15, -0.1) is 0 Å². The van der Waals surface area contributed by atoms with Crippen molar-refractivity contribution in [2.24, 2.45) is 17.6 Å². The lowest BCUT2D eigenvalue weighted by Crippen LogP contribution is -2.43. The maximum atomic E-state index is 11.9. The molecule has 1 aliphatic carbocycles. The maximum Gasteiger partial charge on any atom is 0.237 e. The number of benzene rings is 1. The van der Waals surface area contributed by atoms with Crippen LogP contribution in [0.1, 0.15) is 37.8 Å². The van der Waals surface area contributed by atoms with E-state index < -0.39 is 6.04 Å². The van der Waals surface area contributed by atoms with E-state index >= 15 is 0 Å². The molecule has 1 fully saturated rings. The number of nitrogens with two attached hydrogens (primary N) is 1. The molecule has 2 rings (SSSR count). The largest absolute Gasteiger partial charge is 0.493 e. The van der Waals surface area contributed by atoms with Gasteiger partial charge in [0.1, 0.15) is 5.75 Å². The molecule has 0 heterocycles. The Labute approximate surface area is 127 Å². The second-order valence-corrected chi connectivity index (χ2v) is 6.35. The fourth-order valence-electron chi connectivity index (χ4n) is 2.04. The van der Waals surface area contributed by atoms with Crippen LogP contribution in [0.15, 0.2) is 18.2 Å². The highest BCUT2D eigenvalue weighted by molar-refractivity contribution is 5.81. The van der Waals surface area contributed by atoms with Crippen LogP contribution >= 0.6 is 0 Å². The quantitative estimate of drug-likeness (QED) is 0.810. The Morgan fingerprint density at radius 1 is 1.43 bits per heavy atom. The molecule has 21 heavy (non-hydrogen) atoms. The van der Waals surface area contributed by atoms with Crippen molar-refractivity contribution in [3.05, 3.63) is 29.3 Å². The molecule has 1 aromatic carbocycles. The van der Waals surface area contributed by atoms with Crippen LogP contribution in [0.4, 0.5) is 0 Å². The summed E-state index contributed by atoms with van der Waals surface area (Å²) in [5, 5.41) is 2.90. The van der Waals surface area contributed by atoms with E-state index in [0.717, 1.165) is 23.5 Å². The minimum Gasteiger partial charge on any atom is -0.493 e. The van der Waals surface area contributed by atoms with Gasteiger partial charge in [-0.25, -0.2) is 0 Å². The maximum absolute atomic E-state index is 11.9. The zero-order valence-corrected chi connectivity index (χ0v) is 13.2. The van der Waals surface area contributed by atoms with Gasteiger partial charge in [-0.05, 0) is 43.2 Å². The number of carbonyl (C=O) groups excluding carboxylic acids is 1. The van der Waals surface area contributed by atoms with Crippen molar-refractivity contribution in [3.8, 4) is 5.75 Å². The fraction of sp³-hybridized carbons (Fsp3) is 0.588. The van der Waals surface area contributed by atoms with Crippen LogP contribution in [0.2, 0.25) is 0 Å². The van der Waals surface area contributed by atoms with E-state index in [1.54, 1.807) is 0 Å². The van der Waals surface area contributed by atoms with E-state index in [4.69, 9.17) is 10.5 Å². The number of hydrogen-bond acceptors (Lipinski definition) is 3. The summed E-state index contributed by atoms with van der Waals surface area (Å²) in [6.07, 6.45) is 2.53. The van der Waals surface area contributed by atoms with E-state index in [0.29, 0.717) is 12.5 Å². The normalized spacial score (nSPS) is 15.9. The van der Waals surface area contributed by atoms with Gasteiger partial charge in [0, 0.05) is 12.1 Å². The van der Waals surface area contributed by atoms with Crippen molar-refractivity contribution in [2.75, 3.05) is 6.61 Å². The zero-order chi connectivity index (χ0) is 15.4. The standard InChI is InChI=1S/C17H26N2O2/c1-11(2)16(18)17(20)19-9-14-7-4-12(3)8-15(14)21-10-13-5-6-13/h4,7-8,11,13,16H,5-6,9-10,18H2,1-3H3,(H,19,20)/t16-/m0/s1. The topological polar surface area (TPSA) is 64.4 Å². The number of amides is 1. The predicted molar refractivity (Wildman–Crippen MR) is 84.1 cm³/mol. The van der Waals surface area contributed by atoms with Gasteiger partial charge in [0.15, 0.2) is 0 Å². The monoisotopic (exact) mass is 290 g/mol. The van der Waals surface area contributed by atoms with E-state index in [2.05, 4.69) is 5.32 Å². The van der Waals surface area contributed by atoms with E-state index in [1.165, 1.54) is 12.8 Å². The zero-order valence-electron chi connectivity index (χ0n) is 13.2. The van der Waals surface area contributed by atoms with Crippen LogP contribution in [0.5, 0.6) is 5.75 Å². The molecule has 1 aromatic rings. The first-order valence-electron chi connectivity index (χ1n) is 7.73. The number of ether oxygens (including phenoxy) is 1. The second kappa shape index (κ2) is 6.94. The van der Waals surface area contributed by atoms with E-state index in [1.807, 2.05) is 39.0 Å².